The third kappa shape index (κ3) is 3.05. The van der Waals surface area contributed by atoms with Crippen molar-refractivity contribution < 1.29 is 18.4 Å². The van der Waals surface area contributed by atoms with Crippen molar-refractivity contribution in [3.05, 3.63) is 29.2 Å². The number of hydrogen-bond acceptors (Lipinski definition) is 3. The molecule has 0 bridgehead atoms. The van der Waals surface area contributed by atoms with Gasteiger partial charge in [-0.1, -0.05) is 18.5 Å². The van der Waals surface area contributed by atoms with E-state index in [0.717, 1.165) is 5.39 Å². The van der Waals surface area contributed by atoms with Crippen LogP contribution in [0.4, 0.5) is 8.78 Å². The third-order valence-corrected chi connectivity index (χ3v) is 5.81. The molecule has 2 fully saturated rings. The molecule has 2 aromatic rings. The van der Waals surface area contributed by atoms with Crippen molar-refractivity contribution in [2.75, 3.05) is 13.1 Å². The number of halogens is 3. The van der Waals surface area contributed by atoms with Crippen LogP contribution >= 0.6 is 11.6 Å². The van der Waals surface area contributed by atoms with E-state index in [-0.39, 0.29) is 24.6 Å². The van der Waals surface area contributed by atoms with Gasteiger partial charge in [-0.15, -0.1) is 0 Å². The first-order chi connectivity index (χ1) is 12.7. The first-order valence-corrected chi connectivity index (χ1v) is 9.24. The van der Waals surface area contributed by atoms with Crippen molar-refractivity contribution >= 4 is 34.3 Å². The Bertz CT molecular complexity index is 931. The zero-order valence-electron chi connectivity index (χ0n) is 14.7. The maximum Gasteiger partial charge on any atom is 0.268 e. The highest BCUT2D eigenvalue weighted by Crippen LogP contribution is 2.65. The molecule has 27 heavy (non-hydrogen) atoms. The van der Waals surface area contributed by atoms with Gasteiger partial charge in [-0.05, 0) is 25.0 Å². The molecule has 144 valence electrons. The van der Waals surface area contributed by atoms with Crippen LogP contribution in [-0.4, -0.2) is 51.7 Å². The fraction of sp³-hybridized carbons (Fsp3) is 0.500. The molecular formula is C18H19ClF2N4O2. The number of aromatic amines is 1. The smallest absolute Gasteiger partial charge is 0.268 e. The van der Waals surface area contributed by atoms with Crippen LogP contribution in [-0.2, 0) is 4.79 Å². The number of rotatable bonds is 4. The van der Waals surface area contributed by atoms with E-state index in [0.29, 0.717) is 30.1 Å². The zero-order chi connectivity index (χ0) is 19.4. The summed E-state index contributed by atoms with van der Waals surface area (Å²) in [4.78, 5) is 33.6. The first-order valence-electron chi connectivity index (χ1n) is 8.86. The number of fused-ring (bicyclic) bond motifs is 1. The van der Waals surface area contributed by atoms with Crippen molar-refractivity contribution in [2.45, 2.75) is 38.2 Å². The van der Waals surface area contributed by atoms with Crippen molar-refractivity contribution in [2.24, 2.45) is 5.41 Å². The van der Waals surface area contributed by atoms with E-state index in [1.165, 1.54) is 11.1 Å². The molecule has 1 aliphatic carbocycles. The summed E-state index contributed by atoms with van der Waals surface area (Å²) in [6, 6.07) is 2.50. The molecule has 1 aliphatic heterocycles. The standard InChI is InChI=1S/C18H19ClF2N4O2/c1-2-11(16(27)25-4-3-17(9-25)8-18(17,20)21)24-15(26)12-5-10-6-14(19)22-7-13(10)23-12/h5-7,11,23H,2-4,8-9H2,1H3,(H,24,26)/t11-,17-/m1/s1. The molecule has 1 saturated heterocycles. The minimum Gasteiger partial charge on any atom is -0.349 e. The zero-order valence-corrected chi connectivity index (χ0v) is 15.4. The molecule has 0 unspecified atom stereocenters. The topological polar surface area (TPSA) is 78.1 Å². The second kappa shape index (κ2) is 6.15. The lowest BCUT2D eigenvalue weighted by Crippen LogP contribution is -2.47. The fourth-order valence-corrected chi connectivity index (χ4v) is 3.97. The van der Waals surface area contributed by atoms with Crippen LogP contribution in [0.2, 0.25) is 5.15 Å². The van der Waals surface area contributed by atoms with Crippen LogP contribution in [0, 0.1) is 5.41 Å². The summed E-state index contributed by atoms with van der Waals surface area (Å²) in [6.45, 7) is 2.13. The van der Waals surface area contributed by atoms with Gasteiger partial charge in [0.1, 0.15) is 16.9 Å². The second-order valence-electron chi connectivity index (χ2n) is 7.38. The van der Waals surface area contributed by atoms with E-state index in [2.05, 4.69) is 15.3 Å². The summed E-state index contributed by atoms with van der Waals surface area (Å²) in [5.74, 6) is -3.42. The molecule has 2 aliphatic rings. The number of carbonyl (C=O) groups is 2. The van der Waals surface area contributed by atoms with Crippen LogP contribution < -0.4 is 5.32 Å². The average Bonchev–Trinajstić information content (AvgIpc) is 3.01. The molecule has 1 saturated carbocycles. The minimum atomic E-state index is -2.67. The van der Waals surface area contributed by atoms with E-state index in [1.807, 2.05) is 0 Å². The monoisotopic (exact) mass is 396 g/mol. The number of H-pyrrole nitrogens is 1. The van der Waals surface area contributed by atoms with Crippen molar-refractivity contribution in [1.82, 2.24) is 20.2 Å². The number of nitrogens with zero attached hydrogens (tertiary/aromatic N) is 2. The molecule has 9 heteroatoms. The van der Waals surface area contributed by atoms with E-state index >= 15 is 0 Å². The van der Waals surface area contributed by atoms with Gasteiger partial charge in [-0.3, -0.25) is 9.59 Å². The third-order valence-electron chi connectivity index (χ3n) is 5.60. The average molecular weight is 397 g/mol. The molecule has 6 nitrogen and oxygen atoms in total. The largest absolute Gasteiger partial charge is 0.349 e. The van der Waals surface area contributed by atoms with E-state index < -0.39 is 23.3 Å². The van der Waals surface area contributed by atoms with Crippen molar-refractivity contribution in [3.63, 3.8) is 0 Å². The van der Waals surface area contributed by atoms with Gasteiger partial charge >= 0.3 is 0 Å². The number of pyridine rings is 1. The van der Waals surface area contributed by atoms with E-state index in [1.54, 1.807) is 19.1 Å². The van der Waals surface area contributed by atoms with E-state index in [4.69, 9.17) is 11.6 Å². The lowest BCUT2D eigenvalue weighted by molar-refractivity contribution is -0.132. The fourth-order valence-electron chi connectivity index (χ4n) is 3.81. The Morgan fingerprint density at radius 1 is 1.44 bits per heavy atom. The Labute approximate surface area is 159 Å². The highest BCUT2D eigenvalue weighted by molar-refractivity contribution is 6.30. The highest BCUT2D eigenvalue weighted by atomic mass is 35.5. The summed E-state index contributed by atoms with van der Waals surface area (Å²) in [6.07, 6.45) is 2.05. The number of likely N-dealkylation sites (tertiary alicyclic amines) is 1. The van der Waals surface area contributed by atoms with Gasteiger partial charge in [-0.2, -0.15) is 0 Å². The summed E-state index contributed by atoms with van der Waals surface area (Å²) in [5.41, 5.74) is -0.109. The Morgan fingerprint density at radius 2 is 2.19 bits per heavy atom. The number of carbonyl (C=O) groups excluding carboxylic acids is 2. The summed E-state index contributed by atoms with van der Waals surface area (Å²) >= 11 is 5.85. The summed E-state index contributed by atoms with van der Waals surface area (Å²) in [5, 5.41) is 3.75. The number of amides is 2. The van der Waals surface area contributed by atoms with Gasteiger partial charge in [0.15, 0.2) is 0 Å². The molecule has 2 amide bonds. The number of hydrogen-bond donors (Lipinski definition) is 2. The van der Waals surface area contributed by atoms with Crippen molar-refractivity contribution in [1.29, 1.82) is 0 Å². The number of nitrogens with one attached hydrogen (secondary N) is 2. The molecule has 2 atom stereocenters. The predicted octanol–water partition coefficient (Wildman–Crippen LogP) is 2.98. The SMILES string of the molecule is CC[C@@H](NC(=O)c1cc2cc(Cl)ncc2[nH]1)C(=O)N1CC[C@]2(C1)CC2(F)F. The molecule has 3 heterocycles. The van der Waals surface area contributed by atoms with Gasteiger partial charge in [0.2, 0.25) is 5.91 Å². The summed E-state index contributed by atoms with van der Waals surface area (Å²) in [7, 11) is 0. The maximum atomic E-state index is 13.5. The highest BCUT2D eigenvalue weighted by Gasteiger charge is 2.73. The Balaban J connectivity index is 1.45. The maximum absolute atomic E-state index is 13.5. The quantitative estimate of drug-likeness (QED) is 0.780. The van der Waals surface area contributed by atoms with Crippen LogP contribution in [0.15, 0.2) is 18.3 Å². The molecule has 4 rings (SSSR count). The Hall–Kier alpha value is -2.22. The predicted molar refractivity (Wildman–Crippen MR) is 95.8 cm³/mol. The molecule has 0 radical (unpaired) electrons. The number of alkyl halides is 2. The lowest BCUT2D eigenvalue weighted by Gasteiger charge is -2.23. The van der Waals surface area contributed by atoms with Gasteiger partial charge in [0.05, 0.1) is 17.1 Å². The van der Waals surface area contributed by atoms with E-state index in [9.17, 15) is 18.4 Å². The van der Waals surface area contributed by atoms with Crippen LogP contribution in [0.1, 0.15) is 36.7 Å². The number of aromatic nitrogens is 2. The van der Waals surface area contributed by atoms with Gasteiger partial charge < -0.3 is 15.2 Å². The van der Waals surface area contributed by atoms with Gasteiger partial charge in [0.25, 0.3) is 11.8 Å². The molecule has 1 spiro atoms. The van der Waals surface area contributed by atoms with Gasteiger partial charge in [-0.25, -0.2) is 13.8 Å². The molecular weight excluding hydrogens is 378 g/mol. The molecule has 2 aromatic heterocycles. The Morgan fingerprint density at radius 3 is 2.81 bits per heavy atom. The molecule has 2 N–H and O–H groups in total. The van der Waals surface area contributed by atoms with Crippen LogP contribution in [0.5, 0.6) is 0 Å². The van der Waals surface area contributed by atoms with Crippen LogP contribution in [0.25, 0.3) is 10.9 Å². The lowest BCUT2D eigenvalue weighted by atomic mass is 10.1. The summed E-state index contributed by atoms with van der Waals surface area (Å²) < 4.78 is 27.1. The first kappa shape index (κ1) is 18.2. The van der Waals surface area contributed by atoms with Gasteiger partial charge in [0, 0.05) is 24.9 Å². The Kier molecular flexibility index (Phi) is 4.14. The normalized spacial score (nSPS) is 24.4. The minimum absolute atomic E-state index is 0.0573. The van der Waals surface area contributed by atoms with Crippen LogP contribution in [0.3, 0.4) is 0 Å². The van der Waals surface area contributed by atoms with Crippen molar-refractivity contribution in [3.8, 4) is 0 Å². The second-order valence-corrected chi connectivity index (χ2v) is 7.77. The molecule has 0 aromatic carbocycles.